The van der Waals surface area contributed by atoms with Crippen molar-refractivity contribution in [3.8, 4) is 0 Å². The average molecular weight is 453 g/mol. The number of nitrogens with zero attached hydrogens (tertiary/aromatic N) is 1. The molecule has 3 rings (SSSR count). The van der Waals surface area contributed by atoms with Gasteiger partial charge >= 0.3 is 0 Å². The molecule has 1 atom stereocenters. The van der Waals surface area contributed by atoms with Gasteiger partial charge in [0.2, 0.25) is 15.9 Å². The van der Waals surface area contributed by atoms with E-state index < -0.39 is 28.3 Å². The van der Waals surface area contributed by atoms with E-state index in [0.717, 1.165) is 35.0 Å². The maximum atomic E-state index is 13.5. The van der Waals surface area contributed by atoms with Crippen LogP contribution in [0.15, 0.2) is 36.4 Å². The van der Waals surface area contributed by atoms with Crippen LogP contribution in [-0.4, -0.2) is 27.1 Å². The van der Waals surface area contributed by atoms with Crippen molar-refractivity contribution >= 4 is 33.2 Å². The molecule has 0 aliphatic heterocycles. The Kier molecular flexibility index (Phi) is 7.03. The van der Waals surface area contributed by atoms with Crippen molar-refractivity contribution in [2.75, 3.05) is 17.1 Å². The van der Waals surface area contributed by atoms with E-state index in [1.54, 1.807) is 0 Å². The number of sulfonamides is 1. The van der Waals surface area contributed by atoms with Gasteiger partial charge in [0, 0.05) is 0 Å². The summed E-state index contributed by atoms with van der Waals surface area (Å²) in [6, 6.07) is 9.66. The number of carbonyl (C=O) groups excluding carboxylic acids is 1. The van der Waals surface area contributed by atoms with Gasteiger partial charge in [0.25, 0.3) is 0 Å². The highest BCUT2D eigenvalue weighted by Gasteiger charge is 2.23. The fraction of sp³-hybridized carbons (Fsp3) is 0.409. The van der Waals surface area contributed by atoms with E-state index in [1.165, 1.54) is 36.1 Å². The second-order valence-corrected chi connectivity index (χ2v) is 9.95. The van der Waals surface area contributed by atoms with Gasteiger partial charge < -0.3 is 5.32 Å². The number of anilines is 1. The van der Waals surface area contributed by atoms with Crippen LogP contribution >= 0.6 is 11.6 Å². The second kappa shape index (κ2) is 9.35. The van der Waals surface area contributed by atoms with Crippen LogP contribution < -0.4 is 9.62 Å². The largest absolute Gasteiger partial charge is 0.348 e. The predicted octanol–water partition coefficient (Wildman–Crippen LogP) is 4.39. The van der Waals surface area contributed by atoms with E-state index in [9.17, 15) is 17.6 Å². The molecule has 2 aromatic carbocycles. The van der Waals surface area contributed by atoms with E-state index in [0.29, 0.717) is 6.42 Å². The van der Waals surface area contributed by atoms with Crippen LogP contribution in [0.3, 0.4) is 0 Å². The number of carbonyl (C=O) groups is 1. The standard InChI is InChI=1S/C22H26ClFN2O3S/c1-3-21(17-9-8-15-6-4-5-7-16(15)12-17)25-22(27)14-26(30(2,28)29)18-10-11-20(24)19(23)13-18/h8-13,21H,3-7,14H2,1-2H3,(H,25,27). The molecule has 0 bridgehead atoms. The van der Waals surface area contributed by atoms with Gasteiger partial charge in [-0.3, -0.25) is 9.10 Å². The van der Waals surface area contributed by atoms with Crippen LogP contribution in [0.4, 0.5) is 10.1 Å². The summed E-state index contributed by atoms with van der Waals surface area (Å²) >= 11 is 5.79. The lowest BCUT2D eigenvalue weighted by Crippen LogP contribution is -2.41. The van der Waals surface area contributed by atoms with Crippen LogP contribution in [0.5, 0.6) is 0 Å². The van der Waals surface area contributed by atoms with Gasteiger partial charge in [-0.15, -0.1) is 0 Å². The van der Waals surface area contributed by atoms with Crippen LogP contribution in [0.2, 0.25) is 5.02 Å². The van der Waals surface area contributed by atoms with E-state index in [2.05, 4.69) is 17.4 Å². The first-order valence-corrected chi connectivity index (χ1v) is 12.3. The Morgan fingerprint density at radius 3 is 2.50 bits per heavy atom. The SMILES string of the molecule is CCC(NC(=O)CN(c1ccc(F)c(Cl)c1)S(C)(=O)=O)c1ccc2c(c1)CCCC2. The quantitative estimate of drug-likeness (QED) is 0.677. The second-order valence-electron chi connectivity index (χ2n) is 7.63. The molecule has 0 heterocycles. The summed E-state index contributed by atoms with van der Waals surface area (Å²) in [6.07, 6.45) is 6.17. The first kappa shape index (κ1) is 22.6. The zero-order valence-electron chi connectivity index (χ0n) is 17.1. The molecule has 0 fully saturated rings. The number of nitrogens with one attached hydrogen (secondary N) is 1. The Balaban J connectivity index is 1.77. The Bertz CT molecular complexity index is 1040. The molecule has 162 valence electrons. The molecule has 30 heavy (non-hydrogen) atoms. The van der Waals surface area contributed by atoms with Gasteiger partial charge in [0.15, 0.2) is 0 Å². The lowest BCUT2D eigenvalue weighted by molar-refractivity contribution is -0.120. The predicted molar refractivity (Wildman–Crippen MR) is 118 cm³/mol. The molecule has 0 saturated carbocycles. The summed E-state index contributed by atoms with van der Waals surface area (Å²) in [7, 11) is -3.77. The average Bonchev–Trinajstić information content (AvgIpc) is 2.71. The molecule has 8 heteroatoms. The zero-order chi connectivity index (χ0) is 21.9. The van der Waals surface area contributed by atoms with Crippen molar-refractivity contribution in [3.05, 3.63) is 63.9 Å². The summed E-state index contributed by atoms with van der Waals surface area (Å²) in [5, 5.41) is 2.73. The summed E-state index contributed by atoms with van der Waals surface area (Å²) in [5.41, 5.74) is 3.84. The molecular formula is C22H26ClFN2O3S. The van der Waals surface area contributed by atoms with Crippen LogP contribution in [0, 0.1) is 5.82 Å². The van der Waals surface area contributed by atoms with Gasteiger partial charge in [-0.25, -0.2) is 12.8 Å². The lowest BCUT2D eigenvalue weighted by atomic mass is 9.89. The fourth-order valence-corrected chi connectivity index (χ4v) is 4.82. The number of amides is 1. The van der Waals surface area contributed by atoms with Crippen molar-refractivity contribution in [1.29, 1.82) is 0 Å². The van der Waals surface area contributed by atoms with Crippen LogP contribution in [0.1, 0.15) is 48.9 Å². The molecule has 1 aliphatic rings. The molecule has 1 N–H and O–H groups in total. The minimum absolute atomic E-state index is 0.140. The number of rotatable bonds is 7. The highest BCUT2D eigenvalue weighted by molar-refractivity contribution is 7.92. The Morgan fingerprint density at radius 2 is 1.87 bits per heavy atom. The van der Waals surface area contributed by atoms with E-state index in [4.69, 9.17) is 11.6 Å². The number of fused-ring (bicyclic) bond motifs is 1. The maximum Gasteiger partial charge on any atom is 0.241 e. The first-order valence-electron chi connectivity index (χ1n) is 10.0. The minimum Gasteiger partial charge on any atom is -0.348 e. The molecule has 1 aliphatic carbocycles. The smallest absolute Gasteiger partial charge is 0.241 e. The molecule has 1 amide bonds. The highest BCUT2D eigenvalue weighted by atomic mass is 35.5. The number of halogens is 2. The van der Waals surface area contributed by atoms with Crippen molar-refractivity contribution in [3.63, 3.8) is 0 Å². The summed E-state index contributed by atoms with van der Waals surface area (Å²) in [4.78, 5) is 12.7. The summed E-state index contributed by atoms with van der Waals surface area (Å²) < 4.78 is 38.9. The molecule has 0 aromatic heterocycles. The van der Waals surface area contributed by atoms with Crippen LogP contribution in [0.25, 0.3) is 0 Å². The molecule has 2 aromatic rings. The van der Waals surface area contributed by atoms with Gasteiger partial charge in [-0.2, -0.15) is 0 Å². The fourth-order valence-electron chi connectivity index (χ4n) is 3.80. The number of aryl methyl sites for hydroxylation is 2. The normalized spacial score (nSPS) is 14.7. The van der Waals surface area contributed by atoms with Crippen molar-refractivity contribution in [2.45, 2.75) is 45.1 Å². The maximum absolute atomic E-state index is 13.5. The van der Waals surface area contributed by atoms with Gasteiger partial charge in [0.1, 0.15) is 12.4 Å². The zero-order valence-corrected chi connectivity index (χ0v) is 18.7. The Hall–Kier alpha value is -2.12. The van der Waals surface area contributed by atoms with Crippen molar-refractivity contribution in [2.24, 2.45) is 0 Å². The molecular weight excluding hydrogens is 427 g/mol. The monoisotopic (exact) mass is 452 g/mol. The third-order valence-corrected chi connectivity index (χ3v) is 6.83. The Morgan fingerprint density at radius 1 is 1.17 bits per heavy atom. The summed E-state index contributed by atoms with van der Waals surface area (Å²) in [5.74, 6) is -1.10. The minimum atomic E-state index is -3.77. The molecule has 0 spiro atoms. The van der Waals surface area contributed by atoms with Gasteiger partial charge in [-0.1, -0.05) is 36.7 Å². The van der Waals surface area contributed by atoms with Gasteiger partial charge in [-0.05, 0) is 67.0 Å². The third kappa shape index (κ3) is 5.32. The number of benzene rings is 2. The van der Waals surface area contributed by atoms with Crippen molar-refractivity contribution in [1.82, 2.24) is 5.32 Å². The number of hydrogen-bond donors (Lipinski definition) is 1. The Labute approximate surface area is 182 Å². The summed E-state index contributed by atoms with van der Waals surface area (Å²) in [6.45, 7) is 1.56. The van der Waals surface area contributed by atoms with E-state index in [-0.39, 0.29) is 16.8 Å². The molecule has 0 radical (unpaired) electrons. The van der Waals surface area contributed by atoms with E-state index in [1.807, 2.05) is 13.0 Å². The number of hydrogen-bond acceptors (Lipinski definition) is 3. The molecule has 5 nitrogen and oxygen atoms in total. The third-order valence-electron chi connectivity index (χ3n) is 5.40. The first-order chi connectivity index (χ1) is 14.2. The lowest BCUT2D eigenvalue weighted by Gasteiger charge is -2.25. The molecule has 1 unspecified atom stereocenters. The van der Waals surface area contributed by atoms with Crippen molar-refractivity contribution < 1.29 is 17.6 Å². The van der Waals surface area contributed by atoms with Crippen LogP contribution in [-0.2, 0) is 27.7 Å². The highest BCUT2D eigenvalue weighted by Crippen LogP contribution is 2.27. The molecule has 0 saturated heterocycles. The van der Waals surface area contributed by atoms with E-state index >= 15 is 0 Å². The van der Waals surface area contributed by atoms with Gasteiger partial charge in [0.05, 0.1) is 23.0 Å². The topological polar surface area (TPSA) is 66.5 Å².